The van der Waals surface area contributed by atoms with Crippen molar-refractivity contribution in [2.45, 2.75) is 19.8 Å². The molecule has 0 aromatic heterocycles. The minimum atomic E-state index is -0.299. The van der Waals surface area contributed by atoms with Crippen molar-refractivity contribution in [2.75, 3.05) is 30.3 Å². The fourth-order valence-corrected chi connectivity index (χ4v) is 3.75. The van der Waals surface area contributed by atoms with Crippen molar-refractivity contribution in [1.82, 2.24) is 4.90 Å². The van der Waals surface area contributed by atoms with Crippen molar-refractivity contribution in [2.24, 2.45) is 5.92 Å². The standard InChI is InChI=1S/C21H22Cl3N3O2/c1-13-5-7-27(8-6-13)21(29)14-3-2-4-15(9-14)25-12-20(28)26-19-11-17(23)16(22)10-18(19)24/h2-4,9-11,13,25H,5-8,12H2,1H3,(H,26,28). The van der Waals surface area contributed by atoms with E-state index in [0.717, 1.165) is 25.9 Å². The van der Waals surface area contributed by atoms with E-state index in [2.05, 4.69) is 17.6 Å². The van der Waals surface area contributed by atoms with Gasteiger partial charge < -0.3 is 15.5 Å². The molecule has 3 rings (SSSR count). The number of halogens is 3. The first-order valence-electron chi connectivity index (χ1n) is 9.41. The molecule has 0 aliphatic carbocycles. The molecule has 2 aromatic carbocycles. The van der Waals surface area contributed by atoms with Crippen LogP contribution >= 0.6 is 34.8 Å². The second-order valence-electron chi connectivity index (χ2n) is 7.20. The molecule has 1 aliphatic rings. The van der Waals surface area contributed by atoms with Crippen LogP contribution in [0.15, 0.2) is 36.4 Å². The second-order valence-corrected chi connectivity index (χ2v) is 8.43. The fraction of sp³-hybridized carbons (Fsp3) is 0.333. The average molecular weight is 455 g/mol. The Hall–Kier alpha value is -1.95. The molecule has 5 nitrogen and oxygen atoms in total. The van der Waals surface area contributed by atoms with Crippen molar-refractivity contribution in [1.29, 1.82) is 0 Å². The Morgan fingerprint density at radius 2 is 1.72 bits per heavy atom. The van der Waals surface area contributed by atoms with Gasteiger partial charge in [-0.3, -0.25) is 9.59 Å². The van der Waals surface area contributed by atoms with Crippen molar-refractivity contribution in [3.63, 3.8) is 0 Å². The molecule has 0 unspecified atom stereocenters. The number of amides is 2. The minimum absolute atomic E-state index is 0.00937. The third-order valence-corrected chi connectivity index (χ3v) is 5.95. The van der Waals surface area contributed by atoms with E-state index in [0.29, 0.717) is 37.9 Å². The van der Waals surface area contributed by atoms with Crippen LogP contribution in [0.4, 0.5) is 11.4 Å². The quantitative estimate of drug-likeness (QED) is 0.581. The molecule has 2 N–H and O–H groups in total. The van der Waals surface area contributed by atoms with Crippen LogP contribution in [0.1, 0.15) is 30.1 Å². The first-order valence-corrected chi connectivity index (χ1v) is 10.5. The van der Waals surface area contributed by atoms with Crippen LogP contribution in [-0.2, 0) is 4.79 Å². The lowest BCUT2D eigenvalue weighted by atomic mass is 9.98. The van der Waals surface area contributed by atoms with Crippen molar-refractivity contribution >= 4 is 58.0 Å². The molecule has 1 heterocycles. The highest BCUT2D eigenvalue weighted by molar-refractivity contribution is 6.44. The molecule has 0 saturated carbocycles. The molecule has 8 heteroatoms. The summed E-state index contributed by atoms with van der Waals surface area (Å²) in [5.74, 6) is 0.384. The van der Waals surface area contributed by atoms with Gasteiger partial charge in [0, 0.05) is 24.3 Å². The zero-order valence-corrected chi connectivity index (χ0v) is 18.2. The molecule has 29 heavy (non-hydrogen) atoms. The van der Waals surface area contributed by atoms with Crippen LogP contribution in [0.2, 0.25) is 15.1 Å². The third kappa shape index (κ3) is 5.78. The number of anilines is 2. The number of nitrogens with one attached hydrogen (secondary N) is 2. The summed E-state index contributed by atoms with van der Waals surface area (Å²) < 4.78 is 0. The Balaban J connectivity index is 1.58. The highest BCUT2D eigenvalue weighted by Gasteiger charge is 2.21. The van der Waals surface area contributed by atoms with Crippen LogP contribution in [0.25, 0.3) is 0 Å². The Labute approximate surface area is 185 Å². The topological polar surface area (TPSA) is 61.4 Å². The van der Waals surface area contributed by atoms with Gasteiger partial charge in [-0.25, -0.2) is 0 Å². The van der Waals surface area contributed by atoms with E-state index >= 15 is 0 Å². The summed E-state index contributed by atoms with van der Waals surface area (Å²) in [6.45, 7) is 3.78. The first-order chi connectivity index (χ1) is 13.8. The molecule has 1 saturated heterocycles. The van der Waals surface area contributed by atoms with Gasteiger partial charge in [0.05, 0.1) is 27.3 Å². The highest BCUT2D eigenvalue weighted by atomic mass is 35.5. The molecule has 2 aromatic rings. The SMILES string of the molecule is CC1CCN(C(=O)c2cccc(NCC(=O)Nc3cc(Cl)c(Cl)cc3Cl)c2)CC1. The van der Waals surface area contributed by atoms with E-state index in [9.17, 15) is 9.59 Å². The Morgan fingerprint density at radius 1 is 1.03 bits per heavy atom. The molecule has 2 amide bonds. The van der Waals surface area contributed by atoms with Gasteiger partial charge in [-0.2, -0.15) is 0 Å². The maximum Gasteiger partial charge on any atom is 0.253 e. The molecule has 0 bridgehead atoms. The smallest absolute Gasteiger partial charge is 0.253 e. The van der Waals surface area contributed by atoms with Crippen LogP contribution in [0, 0.1) is 5.92 Å². The Morgan fingerprint density at radius 3 is 2.45 bits per heavy atom. The number of piperidine rings is 1. The van der Waals surface area contributed by atoms with Crippen LogP contribution < -0.4 is 10.6 Å². The largest absolute Gasteiger partial charge is 0.376 e. The second kappa shape index (κ2) is 9.70. The lowest BCUT2D eigenvalue weighted by Crippen LogP contribution is -2.37. The normalized spacial score (nSPS) is 14.6. The zero-order chi connectivity index (χ0) is 21.0. The summed E-state index contributed by atoms with van der Waals surface area (Å²) >= 11 is 17.9. The van der Waals surface area contributed by atoms with E-state index in [-0.39, 0.29) is 18.4 Å². The molecule has 0 radical (unpaired) electrons. The Bertz CT molecular complexity index is 912. The minimum Gasteiger partial charge on any atom is -0.376 e. The van der Waals surface area contributed by atoms with E-state index in [1.165, 1.54) is 12.1 Å². The van der Waals surface area contributed by atoms with Gasteiger partial charge in [0.15, 0.2) is 0 Å². The molecule has 154 valence electrons. The van der Waals surface area contributed by atoms with E-state index in [1.54, 1.807) is 18.2 Å². The van der Waals surface area contributed by atoms with Crippen LogP contribution in [0.3, 0.4) is 0 Å². The average Bonchev–Trinajstić information content (AvgIpc) is 2.71. The van der Waals surface area contributed by atoms with E-state index in [1.807, 2.05) is 11.0 Å². The van der Waals surface area contributed by atoms with Gasteiger partial charge in [-0.15, -0.1) is 0 Å². The molecule has 1 fully saturated rings. The monoisotopic (exact) mass is 453 g/mol. The molecule has 1 aliphatic heterocycles. The van der Waals surface area contributed by atoms with Gasteiger partial charge in [-0.1, -0.05) is 47.8 Å². The number of carbonyl (C=O) groups excluding carboxylic acids is 2. The maximum atomic E-state index is 12.7. The number of rotatable bonds is 5. The van der Waals surface area contributed by atoms with Gasteiger partial charge >= 0.3 is 0 Å². The summed E-state index contributed by atoms with van der Waals surface area (Å²) in [6.07, 6.45) is 2.06. The summed E-state index contributed by atoms with van der Waals surface area (Å²) in [4.78, 5) is 26.9. The molecular formula is C21H22Cl3N3O2. The zero-order valence-electron chi connectivity index (χ0n) is 16.0. The highest BCUT2D eigenvalue weighted by Crippen LogP contribution is 2.32. The molecule has 0 atom stereocenters. The van der Waals surface area contributed by atoms with E-state index in [4.69, 9.17) is 34.8 Å². The molecule has 0 spiro atoms. The number of likely N-dealkylation sites (tertiary alicyclic amines) is 1. The lowest BCUT2D eigenvalue weighted by molar-refractivity contribution is -0.114. The number of benzene rings is 2. The summed E-state index contributed by atoms with van der Waals surface area (Å²) in [5, 5.41) is 6.64. The summed E-state index contributed by atoms with van der Waals surface area (Å²) in [7, 11) is 0. The van der Waals surface area contributed by atoms with Gasteiger partial charge in [0.1, 0.15) is 0 Å². The Kier molecular flexibility index (Phi) is 7.28. The lowest BCUT2D eigenvalue weighted by Gasteiger charge is -2.30. The predicted molar refractivity (Wildman–Crippen MR) is 119 cm³/mol. The first kappa shape index (κ1) is 21.8. The number of hydrogen-bond donors (Lipinski definition) is 2. The van der Waals surface area contributed by atoms with Crippen LogP contribution in [-0.4, -0.2) is 36.3 Å². The van der Waals surface area contributed by atoms with E-state index < -0.39 is 0 Å². The van der Waals surface area contributed by atoms with Gasteiger partial charge in [0.2, 0.25) is 5.91 Å². The van der Waals surface area contributed by atoms with Crippen molar-refractivity contribution in [3.8, 4) is 0 Å². The third-order valence-electron chi connectivity index (χ3n) is 4.92. The molecular weight excluding hydrogens is 433 g/mol. The summed E-state index contributed by atoms with van der Waals surface area (Å²) in [5.41, 5.74) is 1.69. The maximum absolute atomic E-state index is 12.7. The summed E-state index contributed by atoms with van der Waals surface area (Å²) in [6, 6.07) is 10.2. The predicted octanol–water partition coefficient (Wildman–Crippen LogP) is 5.57. The van der Waals surface area contributed by atoms with Crippen molar-refractivity contribution in [3.05, 3.63) is 57.0 Å². The van der Waals surface area contributed by atoms with Gasteiger partial charge in [0.25, 0.3) is 5.91 Å². The number of nitrogens with zero attached hydrogens (tertiary/aromatic N) is 1. The fourth-order valence-electron chi connectivity index (χ4n) is 3.15. The van der Waals surface area contributed by atoms with Crippen molar-refractivity contribution < 1.29 is 9.59 Å². The van der Waals surface area contributed by atoms with Crippen LogP contribution in [0.5, 0.6) is 0 Å². The number of hydrogen-bond acceptors (Lipinski definition) is 3. The van der Waals surface area contributed by atoms with Gasteiger partial charge in [-0.05, 0) is 49.1 Å². The number of carbonyl (C=O) groups is 2.